The molecule has 0 saturated carbocycles. The van der Waals surface area contributed by atoms with Gasteiger partial charge in [-0.3, -0.25) is 5.32 Å². The molecule has 0 saturated heterocycles. The van der Waals surface area contributed by atoms with Crippen LogP contribution in [0.1, 0.15) is 22.7 Å². The normalized spacial score (nSPS) is 11.9. The molecule has 0 aliphatic carbocycles. The number of carbonyl (C=O) groups excluding carboxylic acids is 1. The molecule has 0 spiro atoms. The van der Waals surface area contributed by atoms with Gasteiger partial charge in [0.15, 0.2) is 0 Å². The minimum Gasteiger partial charge on any atom is -0.468 e. The summed E-state index contributed by atoms with van der Waals surface area (Å²) in [6.45, 7) is 8.22. The molecule has 3 heteroatoms. The van der Waals surface area contributed by atoms with Crippen molar-refractivity contribution in [3.63, 3.8) is 0 Å². The average molecular weight is 233 g/mol. The summed E-state index contributed by atoms with van der Waals surface area (Å²) < 4.78 is 4.81. The maximum absolute atomic E-state index is 11.7. The molecule has 0 fully saturated rings. The van der Waals surface area contributed by atoms with E-state index in [1.165, 1.54) is 7.11 Å². The SMILES string of the molecule is C=CCNC(C(=O)OC)c1cc(C)cc(C)c1. The number of hydrogen-bond acceptors (Lipinski definition) is 3. The first-order chi connectivity index (χ1) is 8.08. The summed E-state index contributed by atoms with van der Waals surface area (Å²) in [5.74, 6) is -0.281. The second-order valence-electron chi connectivity index (χ2n) is 4.07. The van der Waals surface area contributed by atoms with Crippen LogP contribution in [0.2, 0.25) is 0 Å². The molecule has 0 aliphatic rings. The zero-order chi connectivity index (χ0) is 12.8. The van der Waals surface area contributed by atoms with Crippen LogP contribution in [0.5, 0.6) is 0 Å². The van der Waals surface area contributed by atoms with Gasteiger partial charge in [0, 0.05) is 6.54 Å². The number of methoxy groups -OCH3 is 1. The number of hydrogen-bond donors (Lipinski definition) is 1. The third-order valence-electron chi connectivity index (χ3n) is 2.48. The maximum atomic E-state index is 11.7. The van der Waals surface area contributed by atoms with Crippen LogP contribution in [0.15, 0.2) is 30.9 Å². The van der Waals surface area contributed by atoms with Gasteiger partial charge < -0.3 is 4.74 Å². The lowest BCUT2D eigenvalue weighted by Gasteiger charge is -2.17. The minimum absolute atomic E-state index is 0.281. The van der Waals surface area contributed by atoms with E-state index in [0.29, 0.717) is 6.54 Å². The number of esters is 1. The van der Waals surface area contributed by atoms with E-state index in [4.69, 9.17) is 4.74 Å². The van der Waals surface area contributed by atoms with E-state index in [0.717, 1.165) is 16.7 Å². The highest BCUT2D eigenvalue weighted by molar-refractivity contribution is 5.77. The van der Waals surface area contributed by atoms with Crippen molar-refractivity contribution in [1.29, 1.82) is 0 Å². The largest absolute Gasteiger partial charge is 0.468 e. The molecule has 1 aromatic rings. The summed E-state index contributed by atoms with van der Waals surface area (Å²) in [7, 11) is 1.40. The van der Waals surface area contributed by atoms with E-state index < -0.39 is 6.04 Å². The number of nitrogens with one attached hydrogen (secondary N) is 1. The first-order valence-corrected chi connectivity index (χ1v) is 5.58. The van der Waals surface area contributed by atoms with Gasteiger partial charge in [0.1, 0.15) is 6.04 Å². The Morgan fingerprint density at radius 3 is 2.47 bits per heavy atom. The molecule has 1 N–H and O–H groups in total. The highest BCUT2D eigenvalue weighted by atomic mass is 16.5. The molecule has 92 valence electrons. The Morgan fingerprint density at radius 2 is 2.00 bits per heavy atom. The Kier molecular flexibility index (Phi) is 4.91. The van der Waals surface area contributed by atoms with Gasteiger partial charge in [0.25, 0.3) is 0 Å². The molecule has 0 heterocycles. The van der Waals surface area contributed by atoms with Gasteiger partial charge in [-0.25, -0.2) is 4.79 Å². The Labute approximate surface area is 102 Å². The number of ether oxygens (including phenoxy) is 1. The smallest absolute Gasteiger partial charge is 0.327 e. The molecule has 0 amide bonds. The van der Waals surface area contributed by atoms with Crippen LogP contribution in [0.4, 0.5) is 0 Å². The van der Waals surface area contributed by atoms with Gasteiger partial charge in [-0.1, -0.05) is 35.4 Å². The van der Waals surface area contributed by atoms with Crippen molar-refractivity contribution >= 4 is 5.97 Å². The van der Waals surface area contributed by atoms with Crippen LogP contribution in [0.25, 0.3) is 0 Å². The molecular formula is C14H19NO2. The Bertz CT molecular complexity index is 392. The second kappa shape index (κ2) is 6.21. The highest BCUT2D eigenvalue weighted by Gasteiger charge is 2.20. The van der Waals surface area contributed by atoms with Crippen molar-refractivity contribution in [1.82, 2.24) is 5.32 Å². The highest BCUT2D eigenvalue weighted by Crippen LogP contribution is 2.18. The number of rotatable bonds is 5. The minimum atomic E-state index is -0.434. The van der Waals surface area contributed by atoms with E-state index in [2.05, 4.69) is 18.0 Å². The van der Waals surface area contributed by atoms with Gasteiger partial charge in [-0.15, -0.1) is 6.58 Å². The predicted octanol–water partition coefficient (Wildman–Crippen LogP) is 2.29. The first kappa shape index (κ1) is 13.5. The third kappa shape index (κ3) is 3.71. The summed E-state index contributed by atoms with van der Waals surface area (Å²) in [6.07, 6.45) is 1.72. The lowest BCUT2D eigenvalue weighted by Crippen LogP contribution is -2.29. The predicted molar refractivity (Wildman–Crippen MR) is 68.9 cm³/mol. The molecule has 0 aromatic heterocycles. The summed E-state index contributed by atoms with van der Waals surface area (Å²) >= 11 is 0. The average Bonchev–Trinajstić information content (AvgIpc) is 2.28. The summed E-state index contributed by atoms with van der Waals surface area (Å²) in [6, 6.07) is 5.62. The van der Waals surface area contributed by atoms with Crippen LogP contribution in [-0.2, 0) is 9.53 Å². The van der Waals surface area contributed by atoms with Crippen molar-refractivity contribution in [2.24, 2.45) is 0 Å². The quantitative estimate of drug-likeness (QED) is 0.626. The van der Waals surface area contributed by atoms with Crippen LogP contribution in [0, 0.1) is 13.8 Å². The lowest BCUT2D eigenvalue weighted by molar-refractivity contribution is -0.143. The van der Waals surface area contributed by atoms with E-state index in [9.17, 15) is 4.79 Å². The molecule has 0 aliphatic heterocycles. The second-order valence-corrected chi connectivity index (χ2v) is 4.07. The Morgan fingerprint density at radius 1 is 1.41 bits per heavy atom. The number of carbonyl (C=O) groups is 1. The Balaban J connectivity index is 3.02. The van der Waals surface area contributed by atoms with Crippen LogP contribution < -0.4 is 5.32 Å². The molecular weight excluding hydrogens is 214 g/mol. The van der Waals surface area contributed by atoms with Gasteiger partial charge >= 0.3 is 5.97 Å². The van der Waals surface area contributed by atoms with E-state index in [-0.39, 0.29) is 5.97 Å². The topological polar surface area (TPSA) is 38.3 Å². The summed E-state index contributed by atoms with van der Waals surface area (Å²) in [5.41, 5.74) is 3.19. The van der Waals surface area contributed by atoms with Crippen molar-refractivity contribution in [2.75, 3.05) is 13.7 Å². The summed E-state index contributed by atoms with van der Waals surface area (Å²) in [5, 5.41) is 3.10. The van der Waals surface area contributed by atoms with Gasteiger partial charge in [-0.2, -0.15) is 0 Å². The van der Waals surface area contributed by atoms with Gasteiger partial charge in [-0.05, 0) is 19.4 Å². The molecule has 1 aromatic carbocycles. The third-order valence-corrected chi connectivity index (χ3v) is 2.48. The number of benzene rings is 1. The van der Waals surface area contributed by atoms with Gasteiger partial charge in [0.05, 0.1) is 7.11 Å². The molecule has 0 bridgehead atoms. The fourth-order valence-corrected chi connectivity index (χ4v) is 1.83. The first-order valence-electron chi connectivity index (χ1n) is 5.58. The zero-order valence-corrected chi connectivity index (χ0v) is 10.6. The lowest BCUT2D eigenvalue weighted by atomic mass is 10.0. The number of aryl methyl sites for hydroxylation is 2. The zero-order valence-electron chi connectivity index (χ0n) is 10.6. The van der Waals surface area contributed by atoms with Crippen molar-refractivity contribution in [2.45, 2.75) is 19.9 Å². The molecule has 0 radical (unpaired) electrons. The van der Waals surface area contributed by atoms with Gasteiger partial charge in [0.2, 0.25) is 0 Å². The van der Waals surface area contributed by atoms with E-state index in [1.807, 2.05) is 26.0 Å². The van der Waals surface area contributed by atoms with Crippen LogP contribution >= 0.6 is 0 Å². The van der Waals surface area contributed by atoms with E-state index in [1.54, 1.807) is 6.08 Å². The van der Waals surface area contributed by atoms with Crippen molar-refractivity contribution < 1.29 is 9.53 Å². The summed E-state index contributed by atoms with van der Waals surface area (Å²) in [4.78, 5) is 11.7. The molecule has 17 heavy (non-hydrogen) atoms. The fourth-order valence-electron chi connectivity index (χ4n) is 1.83. The monoisotopic (exact) mass is 233 g/mol. The Hall–Kier alpha value is -1.61. The van der Waals surface area contributed by atoms with Crippen LogP contribution in [-0.4, -0.2) is 19.6 Å². The fraction of sp³-hybridized carbons (Fsp3) is 0.357. The molecule has 1 unspecified atom stereocenters. The van der Waals surface area contributed by atoms with Crippen LogP contribution in [0.3, 0.4) is 0 Å². The molecule has 3 nitrogen and oxygen atoms in total. The van der Waals surface area contributed by atoms with E-state index >= 15 is 0 Å². The van der Waals surface area contributed by atoms with Crippen molar-refractivity contribution in [3.05, 3.63) is 47.5 Å². The molecule has 1 atom stereocenters. The standard InChI is InChI=1S/C14H19NO2/c1-5-6-15-13(14(16)17-4)12-8-10(2)7-11(3)9-12/h5,7-9,13,15H,1,6H2,2-4H3. The maximum Gasteiger partial charge on any atom is 0.327 e. The van der Waals surface area contributed by atoms with Crippen molar-refractivity contribution in [3.8, 4) is 0 Å². The molecule has 1 rings (SSSR count).